The first kappa shape index (κ1) is 19.4. The summed E-state index contributed by atoms with van der Waals surface area (Å²) in [7, 11) is 1.93. The molecule has 1 saturated heterocycles. The Balaban J connectivity index is 2.03. The van der Waals surface area contributed by atoms with Crippen LogP contribution in [0.1, 0.15) is 66.2 Å². The van der Waals surface area contributed by atoms with Gasteiger partial charge in [-0.1, -0.05) is 40.5 Å². The molecule has 0 bridgehead atoms. The van der Waals surface area contributed by atoms with Crippen molar-refractivity contribution >= 4 is 11.7 Å². The second-order valence-corrected chi connectivity index (χ2v) is 8.76. The van der Waals surface area contributed by atoms with Crippen molar-refractivity contribution in [3.8, 4) is 0 Å². The summed E-state index contributed by atoms with van der Waals surface area (Å²) < 4.78 is 0. The Morgan fingerprint density at radius 2 is 1.67 bits per heavy atom. The molecule has 0 spiro atoms. The van der Waals surface area contributed by atoms with Gasteiger partial charge in [-0.3, -0.25) is 14.5 Å². The molecule has 1 heterocycles. The maximum absolute atomic E-state index is 13.1. The molecule has 2 aliphatic rings. The Labute approximate surface area is 148 Å². The van der Waals surface area contributed by atoms with Gasteiger partial charge >= 0.3 is 0 Å². The molecule has 3 atom stereocenters. The van der Waals surface area contributed by atoms with Gasteiger partial charge in [0, 0.05) is 36.9 Å². The predicted molar refractivity (Wildman–Crippen MR) is 97.8 cm³/mol. The predicted octanol–water partition coefficient (Wildman–Crippen LogP) is 3.35. The molecule has 1 aliphatic carbocycles. The fraction of sp³-hybridized carbons (Fsp3) is 0.900. The number of amides is 1. The zero-order valence-corrected chi connectivity index (χ0v) is 16.3. The lowest BCUT2D eigenvalue weighted by Crippen LogP contribution is -2.47. The van der Waals surface area contributed by atoms with E-state index in [2.05, 4.69) is 11.8 Å². The van der Waals surface area contributed by atoms with Crippen molar-refractivity contribution in [1.29, 1.82) is 0 Å². The smallest absolute Gasteiger partial charge is 0.226 e. The summed E-state index contributed by atoms with van der Waals surface area (Å²) in [5.74, 6) is 0.275. The highest BCUT2D eigenvalue weighted by molar-refractivity contribution is 5.91. The van der Waals surface area contributed by atoms with E-state index >= 15 is 0 Å². The van der Waals surface area contributed by atoms with Crippen molar-refractivity contribution in [3.63, 3.8) is 0 Å². The maximum atomic E-state index is 13.1. The third-order valence-corrected chi connectivity index (χ3v) is 5.93. The molecule has 138 valence electrons. The number of hydrogen-bond acceptors (Lipinski definition) is 3. The van der Waals surface area contributed by atoms with Crippen molar-refractivity contribution in [2.75, 3.05) is 26.7 Å². The van der Waals surface area contributed by atoms with Gasteiger partial charge in [0.05, 0.1) is 0 Å². The molecule has 1 amide bonds. The molecule has 4 nitrogen and oxygen atoms in total. The van der Waals surface area contributed by atoms with Gasteiger partial charge in [-0.05, 0) is 38.8 Å². The lowest BCUT2D eigenvalue weighted by atomic mass is 9.70. The van der Waals surface area contributed by atoms with E-state index < -0.39 is 0 Å². The number of likely N-dealkylation sites (tertiary alicyclic amines) is 1. The van der Waals surface area contributed by atoms with Gasteiger partial charge in [-0.25, -0.2) is 0 Å². The van der Waals surface area contributed by atoms with Crippen LogP contribution in [-0.4, -0.2) is 54.2 Å². The summed E-state index contributed by atoms with van der Waals surface area (Å²) in [5.41, 5.74) is -0.358. The summed E-state index contributed by atoms with van der Waals surface area (Å²) in [4.78, 5) is 30.3. The SMILES string of the molecule is CCN1CCC[C@H]1CN(C)C(=O)[C@H]1CCCCC1C(=O)C(C)(C)C. The zero-order valence-electron chi connectivity index (χ0n) is 16.3. The van der Waals surface area contributed by atoms with Crippen LogP contribution < -0.4 is 0 Å². The highest BCUT2D eigenvalue weighted by Gasteiger charge is 2.41. The highest BCUT2D eigenvalue weighted by Crippen LogP contribution is 2.36. The van der Waals surface area contributed by atoms with Gasteiger partial charge in [-0.2, -0.15) is 0 Å². The highest BCUT2D eigenvalue weighted by atomic mass is 16.2. The van der Waals surface area contributed by atoms with Crippen LogP contribution in [0.5, 0.6) is 0 Å². The molecule has 0 N–H and O–H groups in total. The molecule has 4 heteroatoms. The number of hydrogen-bond donors (Lipinski definition) is 0. The van der Waals surface area contributed by atoms with E-state index in [-0.39, 0.29) is 28.9 Å². The molecule has 2 rings (SSSR count). The number of likely N-dealkylation sites (N-methyl/N-ethyl adjacent to an activating group) is 2. The monoisotopic (exact) mass is 336 g/mol. The van der Waals surface area contributed by atoms with Crippen LogP contribution in [0.3, 0.4) is 0 Å². The summed E-state index contributed by atoms with van der Waals surface area (Å²) in [5, 5.41) is 0. The zero-order chi connectivity index (χ0) is 17.9. The van der Waals surface area contributed by atoms with Crippen LogP contribution in [0.15, 0.2) is 0 Å². The second-order valence-electron chi connectivity index (χ2n) is 8.76. The molecule has 2 fully saturated rings. The number of Topliss-reactive ketones (excluding diaryl/α,β-unsaturated/α-hetero) is 1. The van der Waals surface area contributed by atoms with E-state index in [1.54, 1.807) is 0 Å². The Kier molecular flexibility index (Phi) is 6.46. The van der Waals surface area contributed by atoms with Crippen molar-refractivity contribution in [3.05, 3.63) is 0 Å². The molecule has 0 radical (unpaired) electrons. The molecule has 0 aromatic rings. The van der Waals surface area contributed by atoms with Gasteiger partial charge in [0.15, 0.2) is 0 Å². The van der Waals surface area contributed by atoms with Crippen LogP contribution in [0.4, 0.5) is 0 Å². The van der Waals surface area contributed by atoms with Crippen LogP contribution in [0.25, 0.3) is 0 Å². The van der Waals surface area contributed by atoms with Crippen LogP contribution in [0.2, 0.25) is 0 Å². The van der Waals surface area contributed by atoms with Gasteiger partial charge in [0.25, 0.3) is 0 Å². The molecule has 24 heavy (non-hydrogen) atoms. The Morgan fingerprint density at radius 3 is 2.25 bits per heavy atom. The first-order valence-electron chi connectivity index (χ1n) is 9.79. The minimum absolute atomic E-state index is 0.0837. The molecule has 0 aromatic carbocycles. The average molecular weight is 337 g/mol. The van der Waals surface area contributed by atoms with Crippen LogP contribution in [0, 0.1) is 17.3 Å². The average Bonchev–Trinajstić information content (AvgIpc) is 2.99. The fourth-order valence-corrected chi connectivity index (χ4v) is 4.50. The minimum Gasteiger partial charge on any atom is -0.344 e. The van der Waals surface area contributed by atoms with Crippen molar-refractivity contribution < 1.29 is 9.59 Å². The molecule has 1 saturated carbocycles. The number of ketones is 1. The third kappa shape index (κ3) is 4.38. The minimum atomic E-state index is -0.358. The molecular formula is C20H36N2O2. The van der Waals surface area contributed by atoms with E-state index in [4.69, 9.17) is 0 Å². The standard InChI is InChI=1S/C20H36N2O2/c1-6-22-13-9-10-15(22)14-21(5)19(24)17-12-8-7-11-16(17)18(23)20(2,3)4/h15-17H,6-14H2,1-5H3/t15-,16?,17-/m0/s1. The van der Waals surface area contributed by atoms with E-state index in [0.717, 1.165) is 45.3 Å². The second kappa shape index (κ2) is 7.99. The maximum Gasteiger partial charge on any atom is 0.226 e. The lowest BCUT2D eigenvalue weighted by molar-refractivity contribution is -0.145. The van der Waals surface area contributed by atoms with Crippen molar-refractivity contribution in [2.45, 2.75) is 72.3 Å². The molecule has 1 unspecified atom stereocenters. The lowest BCUT2D eigenvalue weighted by Gasteiger charge is -2.36. The van der Waals surface area contributed by atoms with E-state index in [1.807, 2.05) is 32.7 Å². The Hall–Kier alpha value is -0.900. The van der Waals surface area contributed by atoms with Gasteiger partial charge in [-0.15, -0.1) is 0 Å². The number of carbonyl (C=O) groups excluding carboxylic acids is 2. The van der Waals surface area contributed by atoms with E-state index in [0.29, 0.717) is 6.04 Å². The normalized spacial score (nSPS) is 28.8. The van der Waals surface area contributed by atoms with Crippen molar-refractivity contribution in [2.24, 2.45) is 17.3 Å². The summed E-state index contributed by atoms with van der Waals surface area (Å²) in [6.07, 6.45) is 6.31. The summed E-state index contributed by atoms with van der Waals surface area (Å²) in [6.45, 7) is 11.1. The van der Waals surface area contributed by atoms with Gasteiger partial charge in [0.1, 0.15) is 5.78 Å². The fourth-order valence-electron chi connectivity index (χ4n) is 4.50. The summed E-state index contributed by atoms with van der Waals surface area (Å²) >= 11 is 0. The third-order valence-electron chi connectivity index (χ3n) is 5.93. The van der Waals surface area contributed by atoms with Gasteiger partial charge in [0.2, 0.25) is 5.91 Å². The quantitative estimate of drug-likeness (QED) is 0.773. The van der Waals surface area contributed by atoms with Crippen LogP contribution in [-0.2, 0) is 9.59 Å². The van der Waals surface area contributed by atoms with Crippen molar-refractivity contribution in [1.82, 2.24) is 9.80 Å². The molecule has 0 aromatic heterocycles. The first-order chi connectivity index (χ1) is 11.3. The number of carbonyl (C=O) groups is 2. The topological polar surface area (TPSA) is 40.6 Å². The first-order valence-corrected chi connectivity index (χ1v) is 9.79. The Bertz CT molecular complexity index is 455. The van der Waals surface area contributed by atoms with E-state index in [9.17, 15) is 9.59 Å². The Morgan fingerprint density at radius 1 is 1.04 bits per heavy atom. The summed E-state index contributed by atoms with van der Waals surface area (Å²) in [6, 6.07) is 0.490. The number of rotatable bonds is 5. The van der Waals surface area contributed by atoms with Gasteiger partial charge < -0.3 is 4.90 Å². The number of nitrogens with zero attached hydrogens (tertiary/aromatic N) is 2. The molecule has 1 aliphatic heterocycles. The largest absolute Gasteiger partial charge is 0.344 e. The van der Waals surface area contributed by atoms with Crippen LogP contribution >= 0.6 is 0 Å². The molecular weight excluding hydrogens is 300 g/mol. The van der Waals surface area contributed by atoms with E-state index in [1.165, 1.54) is 12.8 Å².